The molecule has 0 saturated heterocycles. The van der Waals surface area contributed by atoms with Crippen LogP contribution >= 0.6 is 11.6 Å². The van der Waals surface area contributed by atoms with E-state index in [1.165, 1.54) is 5.56 Å². The number of rotatable bonds is 7. The van der Waals surface area contributed by atoms with Gasteiger partial charge in [0.1, 0.15) is 12.4 Å². The van der Waals surface area contributed by atoms with Crippen molar-refractivity contribution in [3.8, 4) is 5.75 Å². The molecule has 2 aromatic carbocycles. The molecule has 3 atom stereocenters. The van der Waals surface area contributed by atoms with Gasteiger partial charge in [-0.1, -0.05) is 37.6 Å². The van der Waals surface area contributed by atoms with E-state index in [0.29, 0.717) is 24.7 Å². The molecule has 36 heavy (non-hydrogen) atoms. The maximum Gasteiger partial charge on any atom is 0.338 e. The van der Waals surface area contributed by atoms with Crippen molar-refractivity contribution in [3.63, 3.8) is 0 Å². The number of benzene rings is 2. The monoisotopic (exact) mass is 511 g/mol. The van der Waals surface area contributed by atoms with Gasteiger partial charge in [0, 0.05) is 18.1 Å². The SMILES string of the molecule is C=C[C@H](O)[C@@H]1CC[C@H]1CN1CCCCc2cc(Cl)ccc2COc2ccc(C(=O)OCC(C)C)cc21. The number of aliphatic hydroxyl groups excluding tert-OH is 1. The molecular formula is C30H38ClNO4. The first-order valence-electron chi connectivity index (χ1n) is 13.1. The topological polar surface area (TPSA) is 59.0 Å². The van der Waals surface area contributed by atoms with E-state index in [1.54, 1.807) is 12.1 Å². The number of ether oxygens (including phenoxy) is 2. The third-order valence-electron chi connectivity index (χ3n) is 7.37. The molecule has 1 aliphatic carbocycles. The Kier molecular flexibility index (Phi) is 8.97. The van der Waals surface area contributed by atoms with E-state index < -0.39 is 6.10 Å². The molecule has 6 heteroatoms. The molecule has 0 bridgehead atoms. The van der Waals surface area contributed by atoms with Gasteiger partial charge in [-0.15, -0.1) is 6.58 Å². The number of fused-ring (bicyclic) bond motifs is 2. The summed E-state index contributed by atoms with van der Waals surface area (Å²) in [5.74, 6) is 1.29. The Bertz CT molecular complexity index is 1070. The Morgan fingerprint density at radius 2 is 2.06 bits per heavy atom. The predicted molar refractivity (Wildman–Crippen MR) is 145 cm³/mol. The Balaban J connectivity index is 1.64. The lowest BCUT2D eigenvalue weighted by atomic mass is 9.70. The fourth-order valence-corrected chi connectivity index (χ4v) is 5.31. The lowest BCUT2D eigenvalue weighted by Gasteiger charge is -2.42. The second-order valence-corrected chi connectivity index (χ2v) is 10.9. The van der Waals surface area contributed by atoms with E-state index in [-0.39, 0.29) is 17.8 Å². The maximum atomic E-state index is 12.8. The number of aryl methyl sites for hydroxylation is 1. The maximum absolute atomic E-state index is 12.8. The largest absolute Gasteiger partial charge is 0.487 e. The molecule has 194 valence electrons. The number of halogens is 1. The highest BCUT2D eigenvalue weighted by atomic mass is 35.5. The molecule has 2 aliphatic rings. The molecule has 1 fully saturated rings. The van der Waals surface area contributed by atoms with Crippen molar-refractivity contribution < 1.29 is 19.4 Å². The molecule has 0 unspecified atom stereocenters. The van der Waals surface area contributed by atoms with Gasteiger partial charge in [-0.25, -0.2) is 4.79 Å². The highest BCUT2D eigenvalue weighted by Gasteiger charge is 2.36. The van der Waals surface area contributed by atoms with Crippen LogP contribution in [0.25, 0.3) is 0 Å². The fraction of sp³-hybridized carbons (Fsp3) is 0.500. The van der Waals surface area contributed by atoms with Gasteiger partial charge in [-0.2, -0.15) is 0 Å². The van der Waals surface area contributed by atoms with Crippen LogP contribution in [0.15, 0.2) is 49.1 Å². The minimum atomic E-state index is -0.486. The van der Waals surface area contributed by atoms with Gasteiger partial charge in [0.05, 0.1) is 24.0 Å². The van der Waals surface area contributed by atoms with Crippen LogP contribution in [0, 0.1) is 17.8 Å². The van der Waals surface area contributed by atoms with Crippen molar-refractivity contribution in [2.45, 2.75) is 58.7 Å². The molecule has 1 saturated carbocycles. The molecule has 1 aliphatic heterocycles. The number of carbonyl (C=O) groups excluding carboxylic acids is 1. The van der Waals surface area contributed by atoms with Gasteiger partial charge in [0.15, 0.2) is 0 Å². The first kappa shape index (κ1) is 26.6. The number of nitrogens with zero attached hydrogens (tertiary/aromatic N) is 1. The summed E-state index contributed by atoms with van der Waals surface area (Å²) in [5, 5.41) is 11.1. The molecule has 2 aromatic rings. The molecular weight excluding hydrogens is 474 g/mol. The summed E-state index contributed by atoms with van der Waals surface area (Å²) < 4.78 is 11.9. The van der Waals surface area contributed by atoms with Crippen LogP contribution in [0.4, 0.5) is 5.69 Å². The number of esters is 1. The van der Waals surface area contributed by atoms with Crippen LogP contribution in [-0.2, 0) is 17.8 Å². The van der Waals surface area contributed by atoms with E-state index in [9.17, 15) is 9.90 Å². The predicted octanol–water partition coefficient (Wildman–Crippen LogP) is 6.45. The van der Waals surface area contributed by atoms with E-state index in [2.05, 4.69) is 11.5 Å². The summed E-state index contributed by atoms with van der Waals surface area (Å²) in [5.41, 5.74) is 3.79. The van der Waals surface area contributed by atoms with E-state index in [4.69, 9.17) is 21.1 Å². The standard InChI is InChI=1S/C30H38ClNO4/c1-4-28(33)26-12-9-23(26)17-32-14-6-5-7-21-15-25(31)11-8-24(21)19-35-29-13-10-22(16-27(29)32)30(34)36-18-20(2)3/h4,8,10-11,13,15-16,20,23,26,28,33H,1,5-7,9,12,14,17-19H2,2-3H3/t23-,26+,28-/m0/s1. The van der Waals surface area contributed by atoms with Crippen molar-refractivity contribution in [1.82, 2.24) is 0 Å². The first-order valence-corrected chi connectivity index (χ1v) is 13.5. The number of anilines is 1. The molecule has 1 heterocycles. The first-order chi connectivity index (χ1) is 17.4. The molecule has 0 aromatic heterocycles. The van der Waals surface area contributed by atoms with Crippen molar-refractivity contribution >= 4 is 23.3 Å². The highest BCUT2D eigenvalue weighted by molar-refractivity contribution is 6.30. The van der Waals surface area contributed by atoms with Crippen molar-refractivity contribution in [1.29, 1.82) is 0 Å². The normalized spacial score (nSPS) is 20.8. The van der Waals surface area contributed by atoms with E-state index in [0.717, 1.165) is 67.2 Å². The zero-order valence-electron chi connectivity index (χ0n) is 21.4. The zero-order valence-corrected chi connectivity index (χ0v) is 22.2. The number of aliphatic hydroxyl groups is 1. The van der Waals surface area contributed by atoms with Crippen LogP contribution in [0.3, 0.4) is 0 Å². The van der Waals surface area contributed by atoms with Crippen molar-refractivity contribution in [3.05, 3.63) is 70.8 Å². The fourth-order valence-electron chi connectivity index (χ4n) is 5.12. The van der Waals surface area contributed by atoms with E-state index in [1.807, 2.05) is 44.2 Å². The highest BCUT2D eigenvalue weighted by Crippen LogP contribution is 2.40. The van der Waals surface area contributed by atoms with Gasteiger partial charge in [-0.3, -0.25) is 0 Å². The van der Waals surface area contributed by atoms with Gasteiger partial charge >= 0.3 is 5.97 Å². The molecule has 0 radical (unpaired) electrons. The lowest BCUT2D eigenvalue weighted by molar-refractivity contribution is 0.0459. The van der Waals surface area contributed by atoms with Gasteiger partial charge in [0.2, 0.25) is 0 Å². The Labute approximate surface area is 220 Å². The van der Waals surface area contributed by atoms with Crippen molar-refractivity contribution in [2.75, 3.05) is 24.6 Å². The van der Waals surface area contributed by atoms with Crippen LogP contribution < -0.4 is 9.64 Å². The van der Waals surface area contributed by atoms with Crippen LogP contribution in [0.5, 0.6) is 5.75 Å². The quantitative estimate of drug-likeness (QED) is 0.342. The summed E-state index contributed by atoms with van der Waals surface area (Å²) >= 11 is 6.28. The second-order valence-electron chi connectivity index (χ2n) is 10.5. The summed E-state index contributed by atoms with van der Waals surface area (Å²) in [6.45, 7) is 10.3. The second kappa shape index (κ2) is 12.2. The smallest absolute Gasteiger partial charge is 0.338 e. The summed E-state index contributed by atoms with van der Waals surface area (Å²) in [7, 11) is 0. The number of hydrogen-bond acceptors (Lipinski definition) is 5. The zero-order chi connectivity index (χ0) is 25.7. The minimum absolute atomic E-state index is 0.218. The third-order valence-corrected chi connectivity index (χ3v) is 7.61. The Hall–Kier alpha value is -2.50. The average Bonchev–Trinajstić information content (AvgIpc) is 2.88. The van der Waals surface area contributed by atoms with Gasteiger partial charge < -0.3 is 19.5 Å². The van der Waals surface area contributed by atoms with Crippen LogP contribution in [0.1, 0.15) is 61.0 Å². The van der Waals surface area contributed by atoms with Crippen LogP contribution in [-0.4, -0.2) is 36.9 Å². The van der Waals surface area contributed by atoms with Crippen LogP contribution in [0.2, 0.25) is 5.02 Å². The Morgan fingerprint density at radius 3 is 2.78 bits per heavy atom. The van der Waals surface area contributed by atoms with Gasteiger partial charge in [-0.05, 0) is 91.3 Å². The molecule has 0 spiro atoms. The summed E-state index contributed by atoms with van der Waals surface area (Å²) in [6.07, 6.45) is 6.20. The molecule has 4 rings (SSSR count). The third kappa shape index (κ3) is 6.43. The Morgan fingerprint density at radius 1 is 1.22 bits per heavy atom. The van der Waals surface area contributed by atoms with Crippen molar-refractivity contribution in [2.24, 2.45) is 17.8 Å². The minimum Gasteiger partial charge on any atom is -0.487 e. The van der Waals surface area contributed by atoms with E-state index >= 15 is 0 Å². The number of hydrogen-bond donors (Lipinski definition) is 1. The number of carbonyl (C=O) groups is 1. The average molecular weight is 512 g/mol. The molecule has 5 nitrogen and oxygen atoms in total. The molecule has 0 amide bonds. The summed E-state index contributed by atoms with van der Waals surface area (Å²) in [6, 6.07) is 11.6. The summed E-state index contributed by atoms with van der Waals surface area (Å²) in [4.78, 5) is 15.1. The van der Waals surface area contributed by atoms with Gasteiger partial charge in [0.25, 0.3) is 0 Å². The molecule has 1 N–H and O–H groups in total. The lowest BCUT2D eigenvalue weighted by Crippen LogP contribution is -2.43.